The number of anilines is 3. The first-order chi connectivity index (χ1) is 21.3. The molecule has 0 bridgehead atoms. The summed E-state index contributed by atoms with van der Waals surface area (Å²) >= 11 is 0. The first-order valence-electron chi connectivity index (χ1n) is 14.4. The van der Waals surface area contributed by atoms with Crippen molar-refractivity contribution in [3.8, 4) is 11.5 Å². The molecular weight excluding hydrogens is 528 g/mol. The van der Waals surface area contributed by atoms with E-state index in [1.807, 2.05) is 54.6 Å². The third-order valence-corrected chi connectivity index (χ3v) is 8.25. The highest BCUT2D eigenvalue weighted by Gasteiger charge is 2.26. The van der Waals surface area contributed by atoms with Gasteiger partial charge in [0.15, 0.2) is 11.2 Å². The Hall–Kier alpha value is -5.87. The SMILES string of the molecule is c1ccc(-c2nc3c(cc(N(c4ccccc4)c4cc5ccccc5c5ccccc45)c4oc5ccccc5c43)o2)cc1. The van der Waals surface area contributed by atoms with Crippen molar-refractivity contribution in [2.75, 3.05) is 4.90 Å². The van der Waals surface area contributed by atoms with Crippen molar-refractivity contribution >= 4 is 71.6 Å². The van der Waals surface area contributed by atoms with E-state index < -0.39 is 0 Å². The number of furan rings is 1. The molecule has 0 aliphatic rings. The summed E-state index contributed by atoms with van der Waals surface area (Å²) in [5, 5.41) is 6.70. The molecule has 0 saturated heterocycles. The standard InChI is InChI=1S/C39H24N2O2/c1-3-13-25(14-4-1)39-40-37-35(43-39)24-33(38-36(37)31-21-11-12-22-34(31)42-38)41(27-16-5-2-6-17-27)32-23-26-15-7-8-18-28(26)29-19-9-10-20-30(29)32/h1-24H. The van der Waals surface area contributed by atoms with Crippen molar-refractivity contribution < 1.29 is 8.83 Å². The second kappa shape index (κ2) is 9.33. The lowest BCUT2D eigenvalue weighted by Crippen LogP contribution is -2.11. The van der Waals surface area contributed by atoms with Crippen molar-refractivity contribution in [2.45, 2.75) is 0 Å². The molecule has 0 N–H and O–H groups in total. The van der Waals surface area contributed by atoms with Gasteiger partial charge in [-0.2, -0.15) is 0 Å². The number of rotatable bonds is 4. The quantitative estimate of drug-likeness (QED) is 0.204. The molecule has 0 saturated carbocycles. The third-order valence-electron chi connectivity index (χ3n) is 8.25. The van der Waals surface area contributed by atoms with E-state index in [-0.39, 0.29) is 0 Å². The van der Waals surface area contributed by atoms with Crippen LogP contribution in [0.5, 0.6) is 0 Å². The minimum absolute atomic E-state index is 0.585. The Balaban J connectivity index is 1.43. The fourth-order valence-electron chi connectivity index (χ4n) is 6.33. The molecule has 4 heteroatoms. The lowest BCUT2D eigenvalue weighted by Gasteiger charge is -2.27. The number of aromatic nitrogens is 1. The molecule has 202 valence electrons. The van der Waals surface area contributed by atoms with Crippen LogP contribution in [-0.4, -0.2) is 4.98 Å². The number of para-hydroxylation sites is 2. The van der Waals surface area contributed by atoms with Crippen LogP contribution < -0.4 is 4.90 Å². The number of benzene rings is 7. The van der Waals surface area contributed by atoms with Crippen LogP contribution in [0.15, 0.2) is 154 Å². The fourth-order valence-corrected chi connectivity index (χ4v) is 6.33. The zero-order valence-corrected chi connectivity index (χ0v) is 23.1. The average Bonchev–Trinajstić information content (AvgIpc) is 3.68. The first-order valence-corrected chi connectivity index (χ1v) is 14.4. The fraction of sp³-hybridized carbons (Fsp3) is 0. The molecule has 0 atom stereocenters. The zero-order valence-electron chi connectivity index (χ0n) is 23.1. The molecule has 2 aromatic heterocycles. The van der Waals surface area contributed by atoms with E-state index in [1.165, 1.54) is 16.2 Å². The maximum Gasteiger partial charge on any atom is 0.227 e. The van der Waals surface area contributed by atoms with Crippen molar-refractivity contribution in [3.05, 3.63) is 146 Å². The smallest absolute Gasteiger partial charge is 0.227 e. The Bertz CT molecular complexity index is 2460. The van der Waals surface area contributed by atoms with Crippen LogP contribution in [-0.2, 0) is 0 Å². The Morgan fingerprint density at radius 2 is 1.14 bits per heavy atom. The summed E-state index contributed by atoms with van der Waals surface area (Å²) in [6.45, 7) is 0. The predicted molar refractivity (Wildman–Crippen MR) is 176 cm³/mol. The van der Waals surface area contributed by atoms with Gasteiger partial charge in [-0.1, -0.05) is 103 Å². The van der Waals surface area contributed by atoms with Gasteiger partial charge in [-0.05, 0) is 52.6 Å². The third kappa shape index (κ3) is 3.67. The monoisotopic (exact) mass is 552 g/mol. The molecule has 7 aromatic carbocycles. The van der Waals surface area contributed by atoms with Crippen LogP contribution in [0.3, 0.4) is 0 Å². The predicted octanol–water partition coefficient (Wildman–Crippen LogP) is 11.2. The summed E-state index contributed by atoms with van der Waals surface area (Å²) in [5.41, 5.74) is 6.98. The van der Waals surface area contributed by atoms with E-state index in [0.717, 1.165) is 55.5 Å². The maximum absolute atomic E-state index is 6.71. The number of hydrogen-bond donors (Lipinski definition) is 0. The molecular formula is C39H24N2O2. The van der Waals surface area contributed by atoms with Gasteiger partial charge in [0, 0.05) is 28.1 Å². The summed E-state index contributed by atoms with van der Waals surface area (Å²) in [7, 11) is 0. The van der Waals surface area contributed by atoms with Gasteiger partial charge in [0.05, 0.1) is 16.8 Å². The molecule has 4 nitrogen and oxygen atoms in total. The lowest BCUT2D eigenvalue weighted by molar-refractivity contribution is 0.619. The van der Waals surface area contributed by atoms with Gasteiger partial charge in [0.25, 0.3) is 0 Å². The molecule has 43 heavy (non-hydrogen) atoms. The van der Waals surface area contributed by atoms with E-state index in [1.54, 1.807) is 0 Å². The van der Waals surface area contributed by atoms with Crippen molar-refractivity contribution in [2.24, 2.45) is 0 Å². The summed E-state index contributed by atoms with van der Waals surface area (Å²) in [6.07, 6.45) is 0. The van der Waals surface area contributed by atoms with Gasteiger partial charge in [-0.15, -0.1) is 0 Å². The van der Waals surface area contributed by atoms with Crippen LogP contribution in [0, 0.1) is 0 Å². The van der Waals surface area contributed by atoms with E-state index in [2.05, 4.69) is 95.9 Å². The van der Waals surface area contributed by atoms with Crippen LogP contribution >= 0.6 is 0 Å². The largest absolute Gasteiger partial charge is 0.454 e. The first kappa shape index (κ1) is 23.8. The summed E-state index contributed by atoms with van der Waals surface area (Å²) in [6, 6.07) is 50.2. The molecule has 2 heterocycles. The highest BCUT2D eigenvalue weighted by molar-refractivity contribution is 6.22. The number of hydrogen-bond acceptors (Lipinski definition) is 4. The number of oxazole rings is 1. The van der Waals surface area contributed by atoms with Gasteiger partial charge in [-0.3, -0.25) is 0 Å². The van der Waals surface area contributed by atoms with Gasteiger partial charge in [0.1, 0.15) is 11.1 Å². The van der Waals surface area contributed by atoms with E-state index in [4.69, 9.17) is 13.8 Å². The minimum Gasteiger partial charge on any atom is -0.454 e. The second-order valence-electron chi connectivity index (χ2n) is 10.8. The van der Waals surface area contributed by atoms with Crippen molar-refractivity contribution in [1.29, 1.82) is 0 Å². The van der Waals surface area contributed by atoms with Gasteiger partial charge >= 0.3 is 0 Å². The molecule has 0 fully saturated rings. The minimum atomic E-state index is 0.585. The topological polar surface area (TPSA) is 42.4 Å². The van der Waals surface area contributed by atoms with E-state index in [0.29, 0.717) is 11.5 Å². The molecule has 0 unspecified atom stereocenters. The van der Waals surface area contributed by atoms with Gasteiger partial charge in [0.2, 0.25) is 5.89 Å². The lowest BCUT2D eigenvalue weighted by atomic mass is 9.98. The molecule has 0 aliphatic heterocycles. The molecule has 9 rings (SSSR count). The van der Waals surface area contributed by atoms with Gasteiger partial charge in [-0.25, -0.2) is 4.98 Å². The van der Waals surface area contributed by atoms with Crippen LogP contribution in [0.2, 0.25) is 0 Å². The Labute approximate surface area is 247 Å². The van der Waals surface area contributed by atoms with Crippen molar-refractivity contribution in [1.82, 2.24) is 4.98 Å². The number of nitrogens with zero attached hydrogens (tertiary/aromatic N) is 2. The molecule has 0 aliphatic carbocycles. The van der Waals surface area contributed by atoms with Gasteiger partial charge < -0.3 is 13.7 Å². The average molecular weight is 553 g/mol. The van der Waals surface area contributed by atoms with Crippen LogP contribution in [0.4, 0.5) is 17.1 Å². The summed E-state index contributed by atoms with van der Waals surface area (Å²) in [4.78, 5) is 7.32. The number of fused-ring (bicyclic) bond motifs is 8. The van der Waals surface area contributed by atoms with Crippen LogP contribution in [0.25, 0.3) is 66.0 Å². The molecule has 0 radical (unpaired) electrons. The normalized spacial score (nSPS) is 11.7. The summed E-state index contributed by atoms with van der Waals surface area (Å²) in [5.74, 6) is 0.585. The molecule has 9 aromatic rings. The zero-order chi connectivity index (χ0) is 28.3. The highest BCUT2D eigenvalue weighted by Crippen LogP contribution is 2.48. The summed E-state index contributed by atoms with van der Waals surface area (Å²) < 4.78 is 13.2. The Morgan fingerprint density at radius 3 is 1.95 bits per heavy atom. The van der Waals surface area contributed by atoms with E-state index in [9.17, 15) is 0 Å². The maximum atomic E-state index is 6.71. The Kier molecular flexibility index (Phi) is 5.16. The highest BCUT2D eigenvalue weighted by atomic mass is 16.4. The molecule has 0 amide bonds. The Morgan fingerprint density at radius 1 is 0.488 bits per heavy atom. The molecule has 0 spiro atoms. The van der Waals surface area contributed by atoms with Crippen molar-refractivity contribution in [3.63, 3.8) is 0 Å². The second-order valence-corrected chi connectivity index (χ2v) is 10.8. The van der Waals surface area contributed by atoms with Crippen LogP contribution in [0.1, 0.15) is 0 Å². The van der Waals surface area contributed by atoms with E-state index >= 15 is 0 Å².